The van der Waals surface area contributed by atoms with Crippen molar-refractivity contribution in [3.8, 4) is 0 Å². The number of sulfonamides is 1. The molecule has 0 aromatic heterocycles. The molecule has 0 radical (unpaired) electrons. The van der Waals surface area contributed by atoms with Crippen molar-refractivity contribution in [2.75, 3.05) is 24.2 Å². The van der Waals surface area contributed by atoms with E-state index in [1.807, 2.05) is 13.0 Å². The number of halogens is 2. The van der Waals surface area contributed by atoms with Gasteiger partial charge in [-0.25, -0.2) is 8.42 Å². The molecule has 0 saturated carbocycles. The van der Waals surface area contributed by atoms with E-state index in [0.717, 1.165) is 11.8 Å². The summed E-state index contributed by atoms with van der Waals surface area (Å²) >= 11 is 12.6. The van der Waals surface area contributed by atoms with Crippen molar-refractivity contribution in [1.29, 1.82) is 0 Å². The Kier molecular flexibility index (Phi) is 9.57. The molecule has 0 bridgehead atoms. The Morgan fingerprint density at radius 2 is 1.70 bits per heavy atom. The maximum absolute atomic E-state index is 13.1. The van der Waals surface area contributed by atoms with E-state index >= 15 is 0 Å². The van der Waals surface area contributed by atoms with E-state index in [1.54, 1.807) is 43.3 Å². The number of hydrogen-bond donors (Lipinski definition) is 1. The molecule has 0 spiro atoms. The summed E-state index contributed by atoms with van der Waals surface area (Å²) in [6.45, 7) is 3.69. The van der Waals surface area contributed by atoms with Crippen molar-refractivity contribution in [3.63, 3.8) is 0 Å². The van der Waals surface area contributed by atoms with Crippen LogP contribution >= 0.6 is 23.2 Å². The van der Waals surface area contributed by atoms with E-state index in [2.05, 4.69) is 5.32 Å². The second kappa shape index (κ2) is 11.7. The van der Waals surface area contributed by atoms with E-state index < -0.39 is 16.1 Å². The molecule has 1 atom stereocenters. The normalized spacial score (nSPS) is 12.2. The van der Waals surface area contributed by atoms with Gasteiger partial charge in [-0.1, -0.05) is 41.4 Å². The molecule has 0 aliphatic heterocycles. The molecule has 1 N–H and O–H groups in total. The van der Waals surface area contributed by atoms with Gasteiger partial charge in [0.05, 0.1) is 11.9 Å². The molecule has 0 aliphatic carbocycles. The van der Waals surface area contributed by atoms with E-state index in [9.17, 15) is 18.0 Å². The molecule has 1 unspecified atom stereocenters. The van der Waals surface area contributed by atoms with Crippen LogP contribution < -0.4 is 9.62 Å². The topological polar surface area (TPSA) is 86.8 Å². The zero-order chi connectivity index (χ0) is 24.8. The van der Waals surface area contributed by atoms with Crippen molar-refractivity contribution in [1.82, 2.24) is 10.2 Å². The zero-order valence-corrected chi connectivity index (χ0v) is 21.5. The summed E-state index contributed by atoms with van der Waals surface area (Å²) in [5, 5.41) is 3.34. The lowest BCUT2D eigenvalue weighted by molar-refractivity contribution is -0.140. The maximum atomic E-state index is 13.1. The summed E-state index contributed by atoms with van der Waals surface area (Å²) in [5.74, 6) is -0.635. The first-order chi connectivity index (χ1) is 15.5. The summed E-state index contributed by atoms with van der Waals surface area (Å²) in [4.78, 5) is 26.8. The highest BCUT2D eigenvalue weighted by Crippen LogP contribution is 2.27. The first-order valence-corrected chi connectivity index (χ1v) is 13.0. The van der Waals surface area contributed by atoms with Gasteiger partial charge in [-0.15, -0.1) is 0 Å². The number of carbonyl (C=O) groups is 2. The summed E-state index contributed by atoms with van der Waals surface area (Å²) in [7, 11) is -2.04. The lowest BCUT2D eigenvalue weighted by Crippen LogP contribution is -2.47. The summed E-state index contributed by atoms with van der Waals surface area (Å²) in [6.07, 6.45) is 1.45. The van der Waals surface area contributed by atoms with Crippen LogP contribution in [0.4, 0.5) is 5.69 Å². The summed E-state index contributed by atoms with van der Waals surface area (Å²) in [5.41, 5.74) is 2.02. The molecule has 33 heavy (non-hydrogen) atoms. The molecule has 0 saturated heterocycles. The van der Waals surface area contributed by atoms with Gasteiger partial charge in [0.1, 0.15) is 6.04 Å². The van der Waals surface area contributed by atoms with Gasteiger partial charge in [0.2, 0.25) is 21.8 Å². The molecule has 2 aromatic rings. The number of likely N-dealkylation sites (N-methyl/N-ethyl adjacent to an activating group) is 1. The second-order valence-electron chi connectivity index (χ2n) is 7.79. The third-order valence-electron chi connectivity index (χ3n) is 5.25. The zero-order valence-electron chi connectivity index (χ0n) is 19.1. The fourth-order valence-electron chi connectivity index (χ4n) is 3.43. The Morgan fingerprint density at radius 1 is 1.09 bits per heavy atom. The van der Waals surface area contributed by atoms with Gasteiger partial charge in [0.15, 0.2) is 0 Å². The molecular weight excluding hydrogens is 485 g/mol. The van der Waals surface area contributed by atoms with Crippen LogP contribution in [0.1, 0.15) is 30.9 Å². The third kappa shape index (κ3) is 7.35. The van der Waals surface area contributed by atoms with Gasteiger partial charge >= 0.3 is 0 Å². The number of rotatable bonds is 10. The number of amides is 2. The Hall–Kier alpha value is -2.29. The van der Waals surface area contributed by atoms with Crippen molar-refractivity contribution in [2.24, 2.45) is 0 Å². The van der Waals surface area contributed by atoms with Gasteiger partial charge in [-0.3, -0.25) is 13.9 Å². The van der Waals surface area contributed by atoms with Crippen molar-refractivity contribution in [3.05, 3.63) is 63.6 Å². The van der Waals surface area contributed by atoms with Gasteiger partial charge in [-0.05, 0) is 50.1 Å². The van der Waals surface area contributed by atoms with E-state index in [0.29, 0.717) is 21.3 Å². The molecule has 180 valence electrons. The lowest BCUT2D eigenvalue weighted by atomic mass is 10.1. The molecule has 0 heterocycles. The fourth-order valence-corrected chi connectivity index (χ4v) is 4.91. The number of nitrogens with one attached hydrogen (secondary N) is 1. The SMILES string of the molecule is CNC(=O)C(C)N(Cc1c(Cl)cccc1Cl)C(=O)CCCN(c1cccc(C)c1)S(C)(=O)=O. The van der Waals surface area contributed by atoms with Crippen LogP contribution in [0.25, 0.3) is 0 Å². The number of nitrogens with zero attached hydrogens (tertiary/aromatic N) is 2. The van der Waals surface area contributed by atoms with Gasteiger partial charge in [0, 0.05) is 42.2 Å². The van der Waals surface area contributed by atoms with Crippen LogP contribution in [0, 0.1) is 6.92 Å². The number of anilines is 1. The average Bonchev–Trinajstić information content (AvgIpc) is 2.74. The molecule has 2 rings (SSSR count). The van der Waals surface area contributed by atoms with Crippen molar-refractivity contribution >= 4 is 50.7 Å². The highest BCUT2D eigenvalue weighted by molar-refractivity contribution is 7.92. The number of benzene rings is 2. The van der Waals surface area contributed by atoms with Gasteiger partial charge in [0.25, 0.3) is 0 Å². The van der Waals surface area contributed by atoms with E-state index in [4.69, 9.17) is 23.2 Å². The first-order valence-electron chi connectivity index (χ1n) is 10.4. The smallest absolute Gasteiger partial charge is 0.242 e. The van der Waals surface area contributed by atoms with E-state index in [1.165, 1.54) is 16.3 Å². The Balaban J connectivity index is 2.20. The summed E-state index contributed by atoms with van der Waals surface area (Å²) in [6, 6.07) is 11.4. The van der Waals surface area contributed by atoms with Crippen LogP contribution in [-0.4, -0.2) is 51.0 Å². The molecule has 2 amide bonds. The van der Waals surface area contributed by atoms with Crippen LogP contribution in [-0.2, 0) is 26.2 Å². The minimum Gasteiger partial charge on any atom is -0.357 e. The molecule has 2 aromatic carbocycles. The lowest BCUT2D eigenvalue weighted by Gasteiger charge is -2.29. The number of carbonyl (C=O) groups excluding carboxylic acids is 2. The van der Waals surface area contributed by atoms with Crippen molar-refractivity contribution < 1.29 is 18.0 Å². The molecule has 0 fully saturated rings. The minimum absolute atomic E-state index is 0.0429. The second-order valence-corrected chi connectivity index (χ2v) is 10.5. The average molecular weight is 514 g/mol. The van der Waals surface area contributed by atoms with Crippen molar-refractivity contribution in [2.45, 2.75) is 39.3 Å². The molecule has 0 aliphatic rings. The standard InChI is InChI=1S/C23H29Cl2N3O4S/c1-16-8-5-9-18(14-16)28(33(4,31)32)13-7-12-22(29)27(17(2)23(30)26-3)15-19-20(24)10-6-11-21(19)25/h5-6,8-11,14,17H,7,12-13,15H2,1-4H3,(H,26,30). The number of aryl methyl sites for hydroxylation is 1. The van der Waals surface area contributed by atoms with Gasteiger partial charge < -0.3 is 10.2 Å². The number of hydrogen-bond acceptors (Lipinski definition) is 4. The maximum Gasteiger partial charge on any atom is 0.242 e. The third-order valence-corrected chi connectivity index (χ3v) is 7.15. The first kappa shape index (κ1) is 27.0. The van der Waals surface area contributed by atoms with Gasteiger partial charge in [-0.2, -0.15) is 0 Å². The minimum atomic E-state index is -3.54. The van der Waals surface area contributed by atoms with Crippen LogP contribution in [0.5, 0.6) is 0 Å². The largest absolute Gasteiger partial charge is 0.357 e. The highest BCUT2D eigenvalue weighted by Gasteiger charge is 2.27. The van der Waals surface area contributed by atoms with Crippen LogP contribution in [0.15, 0.2) is 42.5 Å². The highest BCUT2D eigenvalue weighted by atomic mass is 35.5. The summed E-state index contributed by atoms with van der Waals surface area (Å²) < 4.78 is 26.0. The quantitative estimate of drug-likeness (QED) is 0.519. The molecular formula is C23H29Cl2N3O4S. The Labute approximate surface area is 205 Å². The van der Waals surface area contributed by atoms with Crippen LogP contribution in [0.2, 0.25) is 10.0 Å². The molecule has 7 nitrogen and oxygen atoms in total. The molecule has 10 heteroatoms. The fraction of sp³-hybridized carbons (Fsp3) is 0.391. The Bertz CT molecular complexity index is 1090. The predicted octanol–water partition coefficient (Wildman–Crippen LogP) is 4.01. The monoisotopic (exact) mass is 513 g/mol. The Morgan fingerprint density at radius 3 is 2.24 bits per heavy atom. The predicted molar refractivity (Wildman–Crippen MR) is 133 cm³/mol. The van der Waals surface area contributed by atoms with E-state index in [-0.39, 0.29) is 37.7 Å². The van der Waals surface area contributed by atoms with Crippen LogP contribution in [0.3, 0.4) is 0 Å².